The van der Waals surface area contributed by atoms with Gasteiger partial charge in [0.2, 0.25) is 16.0 Å². The Balaban J connectivity index is 1.65. The molecule has 4 rings (SSSR count). The van der Waals surface area contributed by atoms with Gasteiger partial charge in [-0.25, -0.2) is 4.98 Å². The molecular formula is C23H32N6OS. The number of amides is 1. The Bertz CT molecular complexity index is 1060. The third kappa shape index (κ3) is 4.69. The van der Waals surface area contributed by atoms with Crippen LogP contribution in [-0.2, 0) is 11.2 Å². The Kier molecular flexibility index (Phi) is 5.92. The van der Waals surface area contributed by atoms with E-state index in [1.54, 1.807) is 0 Å². The Hall–Kier alpha value is -2.61. The number of imidazole rings is 1. The van der Waals surface area contributed by atoms with Crippen LogP contribution in [0, 0.1) is 0 Å². The summed E-state index contributed by atoms with van der Waals surface area (Å²) in [6, 6.07) is 8.56. The molecule has 166 valence electrons. The quantitative estimate of drug-likeness (QED) is 0.619. The zero-order chi connectivity index (χ0) is 22.2. The predicted molar refractivity (Wildman–Crippen MR) is 128 cm³/mol. The number of carbonyl (C=O) groups is 1. The van der Waals surface area contributed by atoms with E-state index in [1.807, 2.05) is 21.4 Å². The second-order valence-corrected chi connectivity index (χ2v) is 10.2. The fourth-order valence-electron chi connectivity index (χ4n) is 3.80. The Morgan fingerprint density at radius 2 is 1.87 bits per heavy atom. The molecule has 0 spiro atoms. The smallest absolute Gasteiger partial charge is 0.242 e. The molecule has 0 bridgehead atoms. The number of benzene rings is 1. The number of aryl methyl sites for hydroxylation is 1. The van der Waals surface area contributed by atoms with Gasteiger partial charge in [0.25, 0.3) is 0 Å². The highest BCUT2D eigenvalue weighted by Crippen LogP contribution is 2.34. The van der Waals surface area contributed by atoms with Crippen molar-refractivity contribution in [1.82, 2.24) is 19.5 Å². The van der Waals surface area contributed by atoms with Crippen LogP contribution in [0.3, 0.4) is 0 Å². The first kappa shape index (κ1) is 21.6. The van der Waals surface area contributed by atoms with E-state index in [2.05, 4.69) is 57.3 Å². The SMILES string of the molecule is CCc1ccc(-c2nc3sc(N(C)CC(=O)N4CCCC4)nn3c2NC(C)(C)C)cc1. The Labute approximate surface area is 188 Å². The van der Waals surface area contributed by atoms with Crippen LogP contribution >= 0.6 is 11.3 Å². The molecule has 1 aromatic carbocycles. The van der Waals surface area contributed by atoms with Gasteiger partial charge in [0.05, 0.1) is 6.54 Å². The van der Waals surface area contributed by atoms with Gasteiger partial charge in [0.15, 0.2) is 5.82 Å². The average Bonchev–Trinajstić information content (AvgIpc) is 3.45. The summed E-state index contributed by atoms with van der Waals surface area (Å²) in [7, 11) is 1.92. The van der Waals surface area contributed by atoms with Crippen LogP contribution < -0.4 is 10.2 Å². The summed E-state index contributed by atoms with van der Waals surface area (Å²) in [5.41, 5.74) is 3.13. The van der Waals surface area contributed by atoms with Gasteiger partial charge in [0, 0.05) is 31.2 Å². The number of carbonyl (C=O) groups excluding carboxylic acids is 1. The van der Waals surface area contributed by atoms with E-state index >= 15 is 0 Å². The molecule has 0 aliphatic carbocycles. The maximum Gasteiger partial charge on any atom is 0.242 e. The van der Waals surface area contributed by atoms with Crippen molar-refractivity contribution < 1.29 is 4.79 Å². The molecule has 31 heavy (non-hydrogen) atoms. The van der Waals surface area contributed by atoms with E-state index < -0.39 is 0 Å². The lowest BCUT2D eigenvalue weighted by Gasteiger charge is -2.22. The summed E-state index contributed by atoms with van der Waals surface area (Å²) < 4.78 is 1.88. The largest absolute Gasteiger partial charge is 0.364 e. The average molecular weight is 441 g/mol. The van der Waals surface area contributed by atoms with Crippen molar-refractivity contribution in [3.05, 3.63) is 29.8 Å². The standard InChI is InChI=1S/C23H32N6OS/c1-6-16-9-11-17(12-10-16)19-20(25-23(2,3)4)29-21(24-19)31-22(26-29)27(5)15-18(30)28-13-7-8-14-28/h9-12,25H,6-8,13-15H2,1-5H3. The first-order chi connectivity index (χ1) is 14.7. The van der Waals surface area contributed by atoms with E-state index in [1.165, 1.54) is 16.9 Å². The van der Waals surface area contributed by atoms with Gasteiger partial charge in [-0.3, -0.25) is 4.79 Å². The number of likely N-dealkylation sites (tertiary alicyclic amines) is 1. The van der Waals surface area contributed by atoms with Crippen molar-refractivity contribution in [3.8, 4) is 11.3 Å². The van der Waals surface area contributed by atoms with Gasteiger partial charge in [-0.1, -0.05) is 42.5 Å². The van der Waals surface area contributed by atoms with Gasteiger partial charge >= 0.3 is 0 Å². The normalized spacial score (nSPS) is 14.4. The number of rotatable bonds is 6. The van der Waals surface area contributed by atoms with Crippen LogP contribution in [0.25, 0.3) is 16.2 Å². The number of likely N-dealkylation sites (N-methyl/N-ethyl adjacent to an activating group) is 1. The molecule has 1 fully saturated rings. The third-order valence-electron chi connectivity index (χ3n) is 5.48. The number of hydrogen-bond donors (Lipinski definition) is 1. The van der Waals surface area contributed by atoms with Crippen molar-refractivity contribution in [2.75, 3.05) is 36.9 Å². The molecule has 1 aliphatic heterocycles. The Morgan fingerprint density at radius 3 is 2.48 bits per heavy atom. The lowest BCUT2D eigenvalue weighted by Crippen LogP contribution is -2.37. The van der Waals surface area contributed by atoms with Crippen LogP contribution in [0.1, 0.15) is 46.1 Å². The van der Waals surface area contributed by atoms with E-state index in [0.29, 0.717) is 6.54 Å². The van der Waals surface area contributed by atoms with Crippen LogP contribution in [0.2, 0.25) is 0 Å². The number of nitrogens with zero attached hydrogens (tertiary/aromatic N) is 5. The van der Waals surface area contributed by atoms with Crippen molar-refractivity contribution in [3.63, 3.8) is 0 Å². The summed E-state index contributed by atoms with van der Waals surface area (Å²) in [6.45, 7) is 10.6. The fraction of sp³-hybridized carbons (Fsp3) is 0.522. The molecule has 8 heteroatoms. The molecular weight excluding hydrogens is 408 g/mol. The summed E-state index contributed by atoms with van der Waals surface area (Å²) in [4.78, 5) is 22.2. The summed E-state index contributed by atoms with van der Waals surface area (Å²) in [6.07, 6.45) is 3.22. The zero-order valence-corrected chi connectivity index (χ0v) is 19.9. The van der Waals surface area contributed by atoms with Crippen LogP contribution in [0.15, 0.2) is 24.3 Å². The highest BCUT2D eigenvalue weighted by molar-refractivity contribution is 7.20. The van der Waals surface area contributed by atoms with Gasteiger partial charge in [-0.15, -0.1) is 5.10 Å². The van der Waals surface area contributed by atoms with E-state index in [0.717, 1.165) is 59.5 Å². The number of hydrogen-bond acceptors (Lipinski definition) is 6. The molecule has 1 aliphatic rings. The number of fused-ring (bicyclic) bond motifs is 1. The molecule has 1 amide bonds. The minimum atomic E-state index is -0.143. The zero-order valence-electron chi connectivity index (χ0n) is 19.1. The first-order valence-corrected chi connectivity index (χ1v) is 11.8. The lowest BCUT2D eigenvalue weighted by atomic mass is 10.1. The molecule has 1 saturated heterocycles. The molecule has 7 nitrogen and oxygen atoms in total. The summed E-state index contributed by atoms with van der Waals surface area (Å²) in [5.74, 6) is 1.05. The van der Waals surface area contributed by atoms with Crippen LogP contribution in [0.4, 0.5) is 10.9 Å². The highest BCUT2D eigenvalue weighted by atomic mass is 32.1. The summed E-state index contributed by atoms with van der Waals surface area (Å²) in [5, 5.41) is 9.20. The van der Waals surface area contributed by atoms with E-state index in [-0.39, 0.29) is 11.4 Å². The highest BCUT2D eigenvalue weighted by Gasteiger charge is 2.24. The molecule has 0 atom stereocenters. The molecule has 3 aromatic rings. The van der Waals surface area contributed by atoms with Crippen molar-refractivity contribution in [2.45, 2.75) is 52.5 Å². The fourth-order valence-corrected chi connectivity index (χ4v) is 4.66. The maximum absolute atomic E-state index is 12.6. The van der Waals surface area contributed by atoms with Crippen molar-refractivity contribution in [1.29, 1.82) is 0 Å². The Morgan fingerprint density at radius 1 is 1.19 bits per heavy atom. The maximum atomic E-state index is 12.6. The molecule has 2 aromatic heterocycles. The minimum Gasteiger partial charge on any atom is -0.364 e. The van der Waals surface area contributed by atoms with Gasteiger partial charge in [-0.05, 0) is 45.6 Å². The molecule has 3 heterocycles. The van der Waals surface area contributed by atoms with Crippen molar-refractivity contribution >= 4 is 33.2 Å². The minimum absolute atomic E-state index is 0.143. The molecule has 0 saturated carbocycles. The molecule has 0 unspecified atom stereocenters. The number of nitrogens with one attached hydrogen (secondary N) is 1. The van der Waals surface area contributed by atoms with E-state index in [9.17, 15) is 4.79 Å². The number of aromatic nitrogens is 3. The predicted octanol–water partition coefficient (Wildman–Crippen LogP) is 4.29. The molecule has 0 radical (unpaired) electrons. The van der Waals surface area contributed by atoms with E-state index in [4.69, 9.17) is 10.1 Å². The molecule has 1 N–H and O–H groups in total. The third-order valence-corrected chi connectivity index (χ3v) is 6.50. The topological polar surface area (TPSA) is 65.8 Å². The lowest BCUT2D eigenvalue weighted by molar-refractivity contribution is -0.128. The van der Waals surface area contributed by atoms with Gasteiger partial charge < -0.3 is 15.1 Å². The van der Waals surface area contributed by atoms with Crippen LogP contribution in [0.5, 0.6) is 0 Å². The second-order valence-electron chi connectivity index (χ2n) is 9.26. The van der Waals surface area contributed by atoms with Gasteiger partial charge in [-0.2, -0.15) is 4.52 Å². The summed E-state index contributed by atoms with van der Waals surface area (Å²) >= 11 is 1.51. The van der Waals surface area contributed by atoms with Crippen LogP contribution in [-0.4, -0.2) is 57.6 Å². The first-order valence-electron chi connectivity index (χ1n) is 11.0. The van der Waals surface area contributed by atoms with Crippen molar-refractivity contribution in [2.24, 2.45) is 0 Å². The van der Waals surface area contributed by atoms with Gasteiger partial charge in [0.1, 0.15) is 5.69 Å². The monoisotopic (exact) mass is 440 g/mol. The number of anilines is 2. The second kappa shape index (κ2) is 8.49.